The van der Waals surface area contributed by atoms with Gasteiger partial charge < -0.3 is 5.32 Å². The molecule has 0 atom stereocenters. The number of aryl methyl sites for hydroxylation is 1. The zero-order valence-corrected chi connectivity index (χ0v) is 15.7. The van der Waals surface area contributed by atoms with Gasteiger partial charge in [0.15, 0.2) is 5.69 Å². The average molecular weight is 386 g/mol. The third kappa shape index (κ3) is 3.85. The van der Waals surface area contributed by atoms with Crippen LogP contribution in [0.1, 0.15) is 42.2 Å². The monoisotopic (exact) mass is 385 g/mol. The molecule has 0 unspecified atom stereocenters. The number of halogens is 1. The molecule has 1 fully saturated rings. The Hall–Kier alpha value is -2.74. The highest BCUT2D eigenvalue weighted by atomic mass is 35.5. The quantitative estimate of drug-likeness (QED) is 0.745. The maximum Gasteiger partial charge on any atom is 0.273 e. The summed E-state index contributed by atoms with van der Waals surface area (Å²) in [6.45, 7) is 0. The van der Waals surface area contributed by atoms with Gasteiger partial charge in [0.25, 0.3) is 5.91 Å². The molecule has 2 heterocycles. The summed E-state index contributed by atoms with van der Waals surface area (Å²) in [6.07, 6.45) is 5.08. The van der Waals surface area contributed by atoms with E-state index in [0.29, 0.717) is 10.8 Å². The molecule has 27 heavy (non-hydrogen) atoms. The first-order chi connectivity index (χ1) is 13.1. The maximum absolute atomic E-state index is 12.3. The van der Waals surface area contributed by atoms with Crippen molar-refractivity contribution in [1.82, 2.24) is 35.3 Å². The minimum Gasteiger partial charge on any atom is -0.348 e. The Morgan fingerprint density at radius 1 is 1.15 bits per heavy atom. The van der Waals surface area contributed by atoms with Crippen molar-refractivity contribution in [2.24, 2.45) is 7.05 Å². The molecule has 9 heteroatoms. The second-order valence-corrected chi connectivity index (χ2v) is 7.18. The molecule has 0 bridgehead atoms. The van der Waals surface area contributed by atoms with Crippen molar-refractivity contribution in [3.05, 3.63) is 47.2 Å². The van der Waals surface area contributed by atoms with Gasteiger partial charge in [0, 0.05) is 24.8 Å². The van der Waals surface area contributed by atoms with E-state index in [1.54, 1.807) is 18.0 Å². The molecule has 1 saturated carbocycles. The number of nitrogens with zero attached hydrogens (tertiary/aromatic N) is 6. The normalized spacial score (nSPS) is 19.8. The lowest BCUT2D eigenvalue weighted by molar-refractivity contribution is 0.0915. The Labute approximate surface area is 161 Å². The molecule has 4 rings (SSSR count). The van der Waals surface area contributed by atoms with E-state index in [-0.39, 0.29) is 23.7 Å². The van der Waals surface area contributed by atoms with E-state index in [0.717, 1.165) is 31.2 Å². The first-order valence-electron chi connectivity index (χ1n) is 8.95. The van der Waals surface area contributed by atoms with E-state index in [2.05, 4.69) is 25.8 Å². The predicted molar refractivity (Wildman–Crippen MR) is 100 cm³/mol. The van der Waals surface area contributed by atoms with Crippen molar-refractivity contribution < 1.29 is 4.79 Å². The fraction of sp³-hybridized carbons (Fsp3) is 0.389. The van der Waals surface area contributed by atoms with Crippen LogP contribution >= 0.6 is 11.6 Å². The highest BCUT2D eigenvalue weighted by Gasteiger charge is 2.26. The number of amides is 1. The van der Waals surface area contributed by atoms with Gasteiger partial charge in [0.1, 0.15) is 0 Å². The summed E-state index contributed by atoms with van der Waals surface area (Å²) in [4.78, 5) is 14.1. The van der Waals surface area contributed by atoms with Gasteiger partial charge in [-0.1, -0.05) is 41.9 Å². The van der Waals surface area contributed by atoms with Crippen LogP contribution in [0.5, 0.6) is 0 Å². The van der Waals surface area contributed by atoms with Crippen molar-refractivity contribution in [2.45, 2.75) is 37.8 Å². The SMILES string of the molecule is Cn1cc(Cl)c(C(=O)NC2CCC(n3nnc(-c4ccccc4)n3)CC2)n1. The summed E-state index contributed by atoms with van der Waals surface area (Å²) in [5.74, 6) is 0.408. The lowest BCUT2D eigenvalue weighted by Gasteiger charge is -2.27. The first-order valence-corrected chi connectivity index (χ1v) is 9.33. The van der Waals surface area contributed by atoms with Gasteiger partial charge in [-0.15, -0.1) is 10.2 Å². The Balaban J connectivity index is 1.35. The molecule has 1 aromatic carbocycles. The van der Waals surface area contributed by atoms with Crippen molar-refractivity contribution in [1.29, 1.82) is 0 Å². The molecule has 3 aromatic rings. The molecule has 0 saturated heterocycles. The average Bonchev–Trinajstić information content (AvgIpc) is 3.30. The molecular formula is C18H20ClN7O. The van der Waals surface area contributed by atoms with Crippen LogP contribution in [0.4, 0.5) is 0 Å². The smallest absolute Gasteiger partial charge is 0.273 e. The zero-order valence-electron chi connectivity index (χ0n) is 14.9. The molecular weight excluding hydrogens is 366 g/mol. The Kier molecular flexibility index (Phi) is 4.89. The van der Waals surface area contributed by atoms with E-state index in [1.165, 1.54) is 4.68 Å². The Morgan fingerprint density at radius 3 is 2.56 bits per heavy atom. The first kappa shape index (κ1) is 17.7. The standard InChI is InChI=1S/C18H20ClN7O/c1-25-11-15(19)16(22-25)18(27)20-13-7-9-14(10-8-13)26-23-17(21-24-26)12-5-3-2-4-6-12/h2-6,11,13-14H,7-10H2,1H3,(H,20,27). The number of carbonyl (C=O) groups excluding carboxylic acids is 1. The van der Waals surface area contributed by atoms with Crippen LogP contribution in [0.2, 0.25) is 5.02 Å². The third-order valence-electron chi connectivity index (χ3n) is 4.82. The van der Waals surface area contributed by atoms with E-state index in [1.807, 2.05) is 30.3 Å². The van der Waals surface area contributed by atoms with E-state index in [9.17, 15) is 4.79 Å². The number of benzene rings is 1. The molecule has 0 aliphatic heterocycles. The van der Waals surface area contributed by atoms with Crippen LogP contribution in [0.25, 0.3) is 11.4 Å². The highest BCUT2D eigenvalue weighted by molar-refractivity contribution is 6.33. The fourth-order valence-corrected chi connectivity index (χ4v) is 3.67. The maximum atomic E-state index is 12.3. The van der Waals surface area contributed by atoms with E-state index < -0.39 is 0 Å². The van der Waals surface area contributed by atoms with Crippen LogP contribution in [-0.4, -0.2) is 41.9 Å². The van der Waals surface area contributed by atoms with Crippen molar-refractivity contribution in [3.63, 3.8) is 0 Å². The second kappa shape index (κ2) is 7.48. The molecule has 2 aromatic heterocycles. The second-order valence-electron chi connectivity index (χ2n) is 6.78. The van der Waals surface area contributed by atoms with Gasteiger partial charge >= 0.3 is 0 Å². The number of tetrazole rings is 1. The predicted octanol–water partition coefficient (Wildman–Crippen LogP) is 2.64. The summed E-state index contributed by atoms with van der Waals surface area (Å²) >= 11 is 6.04. The number of hydrogen-bond acceptors (Lipinski definition) is 5. The summed E-state index contributed by atoms with van der Waals surface area (Å²) in [6, 6.07) is 10.1. The Morgan fingerprint density at radius 2 is 1.89 bits per heavy atom. The molecule has 1 aliphatic carbocycles. The molecule has 1 N–H and O–H groups in total. The number of nitrogens with one attached hydrogen (secondary N) is 1. The van der Waals surface area contributed by atoms with Gasteiger partial charge in [-0.3, -0.25) is 9.48 Å². The van der Waals surface area contributed by atoms with Crippen LogP contribution in [0.3, 0.4) is 0 Å². The van der Waals surface area contributed by atoms with Crippen LogP contribution in [0, 0.1) is 0 Å². The number of hydrogen-bond donors (Lipinski definition) is 1. The molecule has 1 aliphatic rings. The molecule has 8 nitrogen and oxygen atoms in total. The number of carbonyl (C=O) groups is 1. The van der Waals surface area contributed by atoms with Crippen LogP contribution < -0.4 is 5.32 Å². The van der Waals surface area contributed by atoms with E-state index in [4.69, 9.17) is 11.6 Å². The summed E-state index contributed by atoms with van der Waals surface area (Å²) in [7, 11) is 1.74. The summed E-state index contributed by atoms with van der Waals surface area (Å²) in [5.41, 5.74) is 1.23. The summed E-state index contributed by atoms with van der Waals surface area (Å²) in [5, 5.41) is 20.4. The molecule has 0 radical (unpaired) electrons. The molecule has 0 spiro atoms. The number of rotatable bonds is 4. The minimum absolute atomic E-state index is 0.101. The summed E-state index contributed by atoms with van der Waals surface area (Å²) < 4.78 is 1.54. The molecule has 140 valence electrons. The largest absolute Gasteiger partial charge is 0.348 e. The number of aromatic nitrogens is 6. The van der Waals surface area contributed by atoms with Gasteiger partial charge in [-0.2, -0.15) is 9.90 Å². The Bertz CT molecular complexity index is 928. The highest BCUT2D eigenvalue weighted by Crippen LogP contribution is 2.28. The van der Waals surface area contributed by atoms with Gasteiger partial charge in [-0.05, 0) is 30.9 Å². The van der Waals surface area contributed by atoms with Crippen molar-refractivity contribution >= 4 is 17.5 Å². The molecule has 1 amide bonds. The van der Waals surface area contributed by atoms with Crippen molar-refractivity contribution in [3.8, 4) is 11.4 Å². The fourth-order valence-electron chi connectivity index (χ4n) is 3.40. The van der Waals surface area contributed by atoms with Gasteiger partial charge in [0.2, 0.25) is 5.82 Å². The van der Waals surface area contributed by atoms with Gasteiger partial charge in [-0.25, -0.2) is 0 Å². The lowest BCUT2D eigenvalue weighted by atomic mass is 9.91. The van der Waals surface area contributed by atoms with Crippen LogP contribution in [-0.2, 0) is 7.05 Å². The topological polar surface area (TPSA) is 90.5 Å². The lowest BCUT2D eigenvalue weighted by Crippen LogP contribution is -2.38. The zero-order chi connectivity index (χ0) is 18.8. The van der Waals surface area contributed by atoms with Crippen LogP contribution in [0.15, 0.2) is 36.5 Å². The van der Waals surface area contributed by atoms with Crippen molar-refractivity contribution in [2.75, 3.05) is 0 Å². The van der Waals surface area contributed by atoms with E-state index >= 15 is 0 Å². The third-order valence-corrected chi connectivity index (χ3v) is 5.09. The van der Waals surface area contributed by atoms with Gasteiger partial charge in [0.05, 0.1) is 11.1 Å². The minimum atomic E-state index is -0.228.